The molecule has 0 saturated heterocycles. The summed E-state index contributed by atoms with van der Waals surface area (Å²) >= 11 is 0. The van der Waals surface area contributed by atoms with E-state index < -0.39 is 0 Å². The molecule has 3 aliphatic rings. The molecule has 3 heterocycles. The molecule has 0 amide bonds. The average molecular weight is 627 g/mol. The topological polar surface area (TPSA) is 19.0 Å². The van der Waals surface area contributed by atoms with Crippen LogP contribution in [0.4, 0.5) is 17.1 Å². The highest BCUT2D eigenvalue weighted by Crippen LogP contribution is 2.57. The zero-order valence-corrected chi connectivity index (χ0v) is 28.3. The van der Waals surface area contributed by atoms with Gasteiger partial charge in [-0.2, -0.15) is 0 Å². The molecule has 3 heteroatoms. The fourth-order valence-corrected chi connectivity index (χ4v) is 9.87. The molecule has 1 aliphatic carbocycles. The van der Waals surface area contributed by atoms with E-state index in [1.165, 1.54) is 105 Å². The lowest BCUT2D eigenvalue weighted by Crippen LogP contribution is -2.46. The number of fused-ring (bicyclic) bond motifs is 11. The summed E-state index contributed by atoms with van der Waals surface area (Å²) in [4.78, 5) is 6.57. The van der Waals surface area contributed by atoms with Gasteiger partial charge >= 0.3 is 0 Å². The van der Waals surface area contributed by atoms with Crippen molar-refractivity contribution >= 4 is 67.8 Å². The predicted octanol–water partition coefficient (Wildman–Crippen LogP) is 10.3. The van der Waals surface area contributed by atoms with Crippen molar-refractivity contribution in [3.63, 3.8) is 0 Å². The maximum absolute atomic E-state index is 3.96. The summed E-state index contributed by atoms with van der Waals surface area (Å²) in [7, 11) is 0.892. The van der Waals surface area contributed by atoms with Crippen LogP contribution in [0.15, 0.2) is 127 Å². The molecule has 49 heavy (non-hydrogen) atoms. The fourth-order valence-electron chi connectivity index (χ4n) is 9.87. The third-order valence-electron chi connectivity index (χ3n) is 12.1. The fraction of sp³-hybridized carbons (Fsp3) is 0.130. The normalized spacial score (nSPS) is 15.8. The minimum absolute atomic E-state index is 0.0937. The average Bonchev–Trinajstić information content (AvgIpc) is 3.59. The lowest BCUT2D eigenvalue weighted by atomic mass is 9.54. The number of hydrogen-bond acceptors (Lipinski definition) is 1. The molecule has 232 valence electrons. The Balaban J connectivity index is 1.29. The van der Waals surface area contributed by atoms with Gasteiger partial charge in [-0.25, -0.2) is 0 Å². The number of anilines is 3. The van der Waals surface area contributed by atoms with Gasteiger partial charge in [0.25, 0.3) is 0 Å². The Hall–Kier alpha value is -5.54. The first kappa shape index (κ1) is 27.4. The molecule has 8 aromatic rings. The van der Waals surface area contributed by atoms with Crippen molar-refractivity contribution in [2.75, 3.05) is 4.90 Å². The number of aromatic nitrogens is 1. The predicted molar refractivity (Wildman–Crippen MR) is 210 cm³/mol. The lowest BCUT2D eigenvalue weighted by Gasteiger charge is -2.46. The highest BCUT2D eigenvalue weighted by Gasteiger charge is 2.45. The number of nitrogens with zero attached hydrogens (tertiary/aromatic N) is 1. The van der Waals surface area contributed by atoms with E-state index in [2.05, 4.69) is 165 Å². The van der Waals surface area contributed by atoms with Gasteiger partial charge in [0, 0.05) is 44.1 Å². The molecule has 0 radical (unpaired) electrons. The van der Waals surface area contributed by atoms with E-state index in [9.17, 15) is 0 Å². The second kappa shape index (κ2) is 9.12. The van der Waals surface area contributed by atoms with E-state index in [1.807, 2.05) is 0 Å². The molecule has 2 nitrogen and oxygen atoms in total. The summed E-state index contributed by atoms with van der Waals surface area (Å²) in [6.45, 7) is 9.64. The zero-order valence-electron chi connectivity index (χ0n) is 28.3. The molecule has 2 aliphatic heterocycles. The number of nitrogens with one attached hydrogen (secondary N) is 1. The largest absolute Gasteiger partial charge is 0.354 e. The minimum Gasteiger partial charge on any atom is -0.354 e. The molecule has 0 unspecified atom stereocenters. The second-order valence-corrected chi connectivity index (χ2v) is 15.4. The van der Waals surface area contributed by atoms with Crippen molar-refractivity contribution in [2.45, 2.75) is 38.5 Å². The van der Waals surface area contributed by atoms with Crippen molar-refractivity contribution in [2.24, 2.45) is 0 Å². The summed E-state index contributed by atoms with van der Waals surface area (Å²) in [5.41, 5.74) is 19.9. The third-order valence-corrected chi connectivity index (χ3v) is 12.1. The first-order valence-corrected chi connectivity index (χ1v) is 17.6. The maximum Gasteiger partial charge on any atom is 0.198 e. The van der Waals surface area contributed by atoms with Crippen molar-refractivity contribution in [1.29, 1.82) is 0 Å². The Bertz CT molecular complexity index is 2760. The van der Waals surface area contributed by atoms with Gasteiger partial charge in [-0.05, 0) is 79.4 Å². The Labute approximate surface area is 287 Å². The van der Waals surface area contributed by atoms with Crippen LogP contribution in [0.25, 0.3) is 54.8 Å². The van der Waals surface area contributed by atoms with Crippen LogP contribution in [0.5, 0.6) is 0 Å². The van der Waals surface area contributed by atoms with Crippen LogP contribution in [0.2, 0.25) is 0 Å². The Kier molecular flexibility index (Phi) is 5.10. The number of hydrogen-bond donors (Lipinski definition) is 1. The van der Waals surface area contributed by atoms with Gasteiger partial charge in [0.2, 0.25) is 0 Å². The Morgan fingerprint density at radius 1 is 0.551 bits per heavy atom. The highest BCUT2D eigenvalue weighted by molar-refractivity contribution is 6.73. The standard InChI is InChI=1S/C46H35BN2/c1-45(2)34-19-9-10-22-38(34)49-39-25-32-28-15-7-8-18-33(28)46(3,4)41(32)40(42(39)47-36-21-12-20-35(45)44(36)49)30-17-11-16-29-31-23-26-13-5-6-14-27(26)24-37(31)48-43(29)30/h5-25,47-48H,1-4H3. The molecule has 0 atom stereocenters. The van der Waals surface area contributed by atoms with Crippen LogP contribution in [-0.2, 0) is 10.8 Å². The van der Waals surface area contributed by atoms with E-state index >= 15 is 0 Å². The van der Waals surface area contributed by atoms with Gasteiger partial charge in [-0.1, -0.05) is 136 Å². The van der Waals surface area contributed by atoms with Crippen LogP contribution in [0.3, 0.4) is 0 Å². The van der Waals surface area contributed by atoms with Crippen LogP contribution < -0.4 is 15.8 Å². The molecule has 0 spiro atoms. The van der Waals surface area contributed by atoms with Gasteiger partial charge < -0.3 is 9.88 Å². The Morgan fingerprint density at radius 3 is 2.10 bits per heavy atom. The molecule has 0 bridgehead atoms. The monoisotopic (exact) mass is 626 g/mol. The molecule has 7 aromatic carbocycles. The molecule has 11 rings (SSSR count). The van der Waals surface area contributed by atoms with Gasteiger partial charge in [0.05, 0.1) is 11.2 Å². The van der Waals surface area contributed by atoms with Crippen molar-refractivity contribution < 1.29 is 0 Å². The summed E-state index contributed by atoms with van der Waals surface area (Å²) in [6, 6.07) is 48.0. The molecule has 0 fully saturated rings. The summed E-state index contributed by atoms with van der Waals surface area (Å²) < 4.78 is 0. The van der Waals surface area contributed by atoms with Crippen LogP contribution in [0.1, 0.15) is 49.9 Å². The van der Waals surface area contributed by atoms with Gasteiger partial charge in [-0.3, -0.25) is 0 Å². The summed E-state index contributed by atoms with van der Waals surface area (Å²) in [5, 5.41) is 5.09. The van der Waals surface area contributed by atoms with Gasteiger partial charge in [-0.15, -0.1) is 0 Å². The summed E-state index contributed by atoms with van der Waals surface area (Å²) in [6.07, 6.45) is 0. The van der Waals surface area contributed by atoms with Crippen molar-refractivity contribution in [3.05, 3.63) is 150 Å². The third kappa shape index (κ3) is 3.38. The smallest absolute Gasteiger partial charge is 0.198 e. The second-order valence-electron chi connectivity index (χ2n) is 15.4. The van der Waals surface area contributed by atoms with Crippen LogP contribution in [-0.4, -0.2) is 12.3 Å². The molecule has 1 N–H and O–H groups in total. The molecular weight excluding hydrogens is 591 g/mol. The van der Waals surface area contributed by atoms with Crippen LogP contribution >= 0.6 is 0 Å². The number of H-pyrrole nitrogens is 1. The highest BCUT2D eigenvalue weighted by atomic mass is 15.2. The number of benzene rings is 7. The number of aromatic amines is 1. The summed E-state index contributed by atoms with van der Waals surface area (Å²) in [5.74, 6) is 0. The quantitative estimate of drug-likeness (QED) is 0.180. The van der Waals surface area contributed by atoms with E-state index in [4.69, 9.17) is 0 Å². The van der Waals surface area contributed by atoms with Gasteiger partial charge in [0.15, 0.2) is 7.28 Å². The maximum atomic E-state index is 3.96. The minimum atomic E-state index is -0.164. The van der Waals surface area contributed by atoms with Gasteiger partial charge in [0.1, 0.15) is 0 Å². The molecule has 0 saturated carbocycles. The van der Waals surface area contributed by atoms with Crippen molar-refractivity contribution in [3.8, 4) is 22.3 Å². The first-order chi connectivity index (χ1) is 23.8. The number of rotatable bonds is 1. The molecule has 1 aromatic heterocycles. The SMILES string of the molecule is CC1(C)c2ccccc2N2c3cc4c(c(-c5cccc6c5[nH]c5cc7ccccc7cc56)c3Bc3cccc1c32)C(C)(C)c1ccccc1-4. The van der Waals surface area contributed by atoms with E-state index in [1.54, 1.807) is 0 Å². The first-order valence-electron chi connectivity index (χ1n) is 17.6. The van der Waals surface area contributed by atoms with E-state index in [0.29, 0.717) is 0 Å². The Morgan fingerprint density at radius 2 is 1.24 bits per heavy atom. The van der Waals surface area contributed by atoms with E-state index in [-0.39, 0.29) is 10.8 Å². The van der Waals surface area contributed by atoms with E-state index in [0.717, 1.165) is 7.28 Å². The number of para-hydroxylation sites is 3. The molecular formula is C46H35BN2. The zero-order chi connectivity index (χ0) is 32.8. The van der Waals surface area contributed by atoms with Crippen molar-refractivity contribution in [1.82, 2.24) is 4.98 Å². The van der Waals surface area contributed by atoms with Crippen LogP contribution in [0, 0.1) is 0 Å². The lowest BCUT2D eigenvalue weighted by molar-refractivity contribution is 0.632.